The minimum Gasteiger partial charge on any atom is -0.486 e. The smallest absolute Gasteiger partial charge is 0.330 e. The number of benzene rings is 1. The summed E-state index contributed by atoms with van der Waals surface area (Å²) in [7, 11) is 0. The topological polar surface area (TPSA) is 111 Å². The van der Waals surface area contributed by atoms with Crippen LogP contribution in [0.15, 0.2) is 30.4 Å². The van der Waals surface area contributed by atoms with Gasteiger partial charge in [-0.1, -0.05) is 26.0 Å². The van der Waals surface area contributed by atoms with Crippen molar-refractivity contribution in [2.24, 2.45) is 17.8 Å². The molecule has 1 aliphatic carbocycles. The average molecular weight is 471 g/mol. The molecule has 0 saturated carbocycles. The van der Waals surface area contributed by atoms with E-state index >= 15 is 0 Å². The number of hydrogen-bond donors (Lipinski definition) is 1. The van der Waals surface area contributed by atoms with E-state index < -0.39 is 35.9 Å². The van der Waals surface area contributed by atoms with Gasteiger partial charge in [0.2, 0.25) is 11.8 Å². The van der Waals surface area contributed by atoms with Gasteiger partial charge in [0, 0.05) is 11.8 Å². The number of allylic oxidation sites excluding steroid dienone is 2. The van der Waals surface area contributed by atoms with Crippen LogP contribution in [0.2, 0.25) is 0 Å². The second-order valence-electron chi connectivity index (χ2n) is 9.27. The zero-order valence-electron chi connectivity index (χ0n) is 19.6. The van der Waals surface area contributed by atoms with Gasteiger partial charge in [0.1, 0.15) is 19.3 Å². The Morgan fingerprint density at radius 1 is 1.03 bits per heavy atom. The maximum Gasteiger partial charge on any atom is 0.330 e. The molecule has 0 spiro atoms. The highest BCUT2D eigenvalue weighted by Gasteiger charge is 2.51. The Balaban J connectivity index is 1.43. The normalized spacial score (nSPS) is 22.9. The zero-order chi connectivity index (χ0) is 24.4. The minimum atomic E-state index is -1.13. The molecule has 1 saturated heterocycles. The average Bonchev–Trinajstić information content (AvgIpc) is 3.07. The predicted molar refractivity (Wildman–Crippen MR) is 122 cm³/mol. The Morgan fingerprint density at radius 3 is 2.26 bits per heavy atom. The number of imide groups is 1. The van der Waals surface area contributed by atoms with Crippen molar-refractivity contribution in [3.8, 4) is 11.5 Å². The molecule has 3 aliphatic rings. The van der Waals surface area contributed by atoms with E-state index in [2.05, 4.69) is 5.32 Å². The van der Waals surface area contributed by atoms with Gasteiger partial charge in [-0.15, -0.1) is 0 Å². The summed E-state index contributed by atoms with van der Waals surface area (Å²) in [5, 5.41) is 2.70. The van der Waals surface area contributed by atoms with Crippen LogP contribution in [0.3, 0.4) is 0 Å². The highest BCUT2D eigenvalue weighted by atomic mass is 16.6. The van der Waals surface area contributed by atoms with Gasteiger partial charge >= 0.3 is 5.97 Å². The molecule has 2 heterocycles. The van der Waals surface area contributed by atoms with Gasteiger partial charge in [-0.05, 0) is 44.2 Å². The highest BCUT2D eigenvalue weighted by molar-refractivity contribution is 6.08. The number of amides is 3. The van der Waals surface area contributed by atoms with E-state index in [9.17, 15) is 19.2 Å². The molecule has 0 aromatic heterocycles. The number of ether oxygens (including phenoxy) is 3. The summed E-state index contributed by atoms with van der Waals surface area (Å²) < 4.78 is 16.4. The van der Waals surface area contributed by atoms with Crippen molar-refractivity contribution in [2.45, 2.75) is 52.2 Å². The second-order valence-corrected chi connectivity index (χ2v) is 9.27. The van der Waals surface area contributed by atoms with Gasteiger partial charge in [0.05, 0.1) is 11.8 Å². The molecule has 3 amide bonds. The first-order valence-corrected chi connectivity index (χ1v) is 11.7. The standard InChI is InChI=1S/C25H30N2O7/c1-14(2)12-19(27-23(29)17-6-4-5-7-18(17)24(27)30)25(31)34-15(3)22(28)26-16-8-9-20-21(13-16)33-11-10-32-20/h4-5,8-9,13-15,17-19H,6-7,10-12H2,1-3H3,(H,26,28). The van der Waals surface area contributed by atoms with Crippen molar-refractivity contribution in [2.75, 3.05) is 18.5 Å². The molecule has 4 unspecified atom stereocenters. The first-order valence-electron chi connectivity index (χ1n) is 11.7. The number of fused-ring (bicyclic) bond motifs is 2. The van der Waals surface area contributed by atoms with Crippen molar-refractivity contribution in [1.82, 2.24) is 4.90 Å². The van der Waals surface area contributed by atoms with Gasteiger partial charge in [-0.3, -0.25) is 19.3 Å². The van der Waals surface area contributed by atoms with Crippen LogP contribution in [0.4, 0.5) is 5.69 Å². The van der Waals surface area contributed by atoms with Crippen LogP contribution in [0, 0.1) is 17.8 Å². The molecular formula is C25H30N2O7. The van der Waals surface area contributed by atoms with E-state index in [4.69, 9.17) is 14.2 Å². The van der Waals surface area contributed by atoms with E-state index in [1.165, 1.54) is 6.92 Å². The van der Waals surface area contributed by atoms with Crippen LogP contribution < -0.4 is 14.8 Å². The molecule has 9 nitrogen and oxygen atoms in total. The Kier molecular flexibility index (Phi) is 6.90. The highest BCUT2D eigenvalue weighted by Crippen LogP contribution is 2.37. The number of carbonyl (C=O) groups excluding carboxylic acids is 4. The summed E-state index contributed by atoms with van der Waals surface area (Å²) >= 11 is 0. The van der Waals surface area contributed by atoms with Crippen LogP contribution in [0.25, 0.3) is 0 Å². The lowest BCUT2D eigenvalue weighted by Crippen LogP contribution is -2.48. The number of rotatable bonds is 7. The number of hydrogen-bond acceptors (Lipinski definition) is 7. The van der Waals surface area contributed by atoms with Gasteiger partial charge in [-0.2, -0.15) is 0 Å². The fraction of sp³-hybridized carbons (Fsp3) is 0.520. The summed E-state index contributed by atoms with van der Waals surface area (Å²) in [6, 6.07) is 3.94. The van der Waals surface area contributed by atoms with Crippen LogP contribution in [-0.4, -0.2) is 54.0 Å². The Hall–Kier alpha value is -3.36. The number of carbonyl (C=O) groups is 4. The molecule has 0 bridgehead atoms. The Bertz CT molecular complexity index is 993. The lowest BCUT2D eigenvalue weighted by atomic mass is 9.85. The van der Waals surface area contributed by atoms with Crippen LogP contribution in [0.5, 0.6) is 11.5 Å². The minimum absolute atomic E-state index is 0.0285. The third-order valence-electron chi connectivity index (χ3n) is 6.29. The monoisotopic (exact) mass is 470 g/mol. The molecule has 4 rings (SSSR count). The summed E-state index contributed by atoms with van der Waals surface area (Å²) in [4.78, 5) is 52.9. The first-order chi connectivity index (χ1) is 16.3. The summed E-state index contributed by atoms with van der Waals surface area (Å²) in [5.41, 5.74) is 0.470. The van der Waals surface area contributed by atoms with Crippen molar-refractivity contribution < 1.29 is 33.4 Å². The van der Waals surface area contributed by atoms with Gasteiger partial charge in [0.15, 0.2) is 17.6 Å². The molecule has 0 radical (unpaired) electrons. The first kappa shape index (κ1) is 23.8. The lowest BCUT2D eigenvalue weighted by molar-refractivity contribution is -0.164. The number of nitrogens with one attached hydrogen (secondary N) is 1. The fourth-order valence-corrected chi connectivity index (χ4v) is 4.56. The lowest BCUT2D eigenvalue weighted by Gasteiger charge is -2.27. The maximum absolute atomic E-state index is 13.1. The molecule has 1 fully saturated rings. The second kappa shape index (κ2) is 9.87. The van der Waals surface area contributed by atoms with E-state index in [1.54, 1.807) is 18.2 Å². The van der Waals surface area contributed by atoms with Gasteiger partial charge in [-0.25, -0.2) is 4.79 Å². The van der Waals surface area contributed by atoms with Gasteiger partial charge in [0.25, 0.3) is 5.91 Å². The van der Waals surface area contributed by atoms with E-state index in [0.29, 0.717) is 43.2 Å². The summed E-state index contributed by atoms with van der Waals surface area (Å²) in [6.45, 7) is 6.13. The van der Waals surface area contributed by atoms with E-state index in [1.807, 2.05) is 26.0 Å². The van der Waals surface area contributed by atoms with Crippen LogP contribution in [-0.2, 0) is 23.9 Å². The molecule has 9 heteroatoms. The third kappa shape index (κ3) is 4.78. The number of likely N-dealkylation sites (tertiary alicyclic amines) is 1. The van der Waals surface area contributed by atoms with Crippen molar-refractivity contribution in [1.29, 1.82) is 0 Å². The number of anilines is 1. The number of nitrogens with zero attached hydrogens (tertiary/aromatic N) is 1. The molecular weight excluding hydrogens is 440 g/mol. The molecule has 4 atom stereocenters. The quantitative estimate of drug-likeness (QED) is 0.370. The van der Waals surface area contributed by atoms with E-state index in [-0.39, 0.29) is 24.2 Å². The fourth-order valence-electron chi connectivity index (χ4n) is 4.56. The molecule has 1 aromatic rings. The largest absolute Gasteiger partial charge is 0.486 e. The predicted octanol–water partition coefficient (Wildman–Crippen LogP) is 2.69. The Morgan fingerprint density at radius 2 is 1.65 bits per heavy atom. The molecule has 2 aliphatic heterocycles. The van der Waals surface area contributed by atoms with E-state index in [0.717, 1.165) is 4.90 Å². The molecule has 182 valence electrons. The van der Waals surface area contributed by atoms with Gasteiger partial charge < -0.3 is 19.5 Å². The summed E-state index contributed by atoms with van der Waals surface area (Å²) in [5.74, 6) is -1.70. The summed E-state index contributed by atoms with van der Waals surface area (Å²) in [6.07, 6.45) is 3.91. The molecule has 1 aromatic carbocycles. The Labute approximate surface area is 198 Å². The molecule has 34 heavy (non-hydrogen) atoms. The third-order valence-corrected chi connectivity index (χ3v) is 6.29. The van der Waals surface area contributed by atoms with Crippen LogP contribution >= 0.6 is 0 Å². The SMILES string of the molecule is CC(C)CC(C(=O)OC(C)C(=O)Nc1ccc2c(c1)OCCO2)N1C(=O)C2CC=CCC2C1=O. The molecule has 1 N–H and O–H groups in total. The van der Waals surface area contributed by atoms with Crippen molar-refractivity contribution >= 4 is 29.4 Å². The van der Waals surface area contributed by atoms with Crippen molar-refractivity contribution in [3.05, 3.63) is 30.4 Å². The maximum atomic E-state index is 13.1. The zero-order valence-corrected chi connectivity index (χ0v) is 19.6. The number of esters is 1. The van der Waals surface area contributed by atoms with Crippen molar-refractivity contribution in [3.63, 3.8) is 0 Å². The van der Waals surface area contributed by atoms with Crippen LogP contribution in [0.1, 0.15) is 40.0 Å².